The molecule has 1 fully saturated rings. The fraction of sp³-hybridized carbons (Fsp3) is 0.600. The molecule has 1 aromatic heterocycles. The zero-order valence-corrected chi connectivity index (χ0v) is 15.5. The van der Waals surface area contributed by atoms with Crippen LogP contribution in [-0.4, -0.2) is 75.9 Å². The van der Waals surface area contributed by atoms with E-state index in [1.807, 2.05) is 0 Å². The molecule has 158 valence electrons. The van der Waals surface area contributed by atoms with Crippen LogP contribution in [0.2, 0.25) is 0 Å². The average molecular weight is 445 g/mol. The number of nitrogens with two attached hydrogens (primary N) is 1. The number of aliphatic imine (C=N–C) groups is 1. The van der Waals surface area contributed by atoms with E-state index in [1.54, 1.807) is 0 Å². The van der Waals surface area contributed by atoms with E-state index in [9.17, 15) is 24.2 Å². The smallest absolute Gasteiger partial charge is 0.394 e. The molecule has 2 aliphatic heterocycles. The van der Waals surface area contributed by atoms with Crippen molar-refractivity contribution in [3.8, 4) is 0 Å². The van der Waals surface area contributed by atoms with Crippen LogP contribution >= 0.6 is 15.6 Å². The van der Waals surface area contributed by atoms with Crippen molar-refractivity contribution >= 4 is 27.8 Å². The maximum Gasteiger partial charge on any atom is 0.502 e. The second-order valence-corrected chi connectivity index (χ2v) is 8.50. The van der Waals surface area contributed by atoms with E-state index in [2.05, 4.69) is 18.9 Å². The molecule has 0 radical (unpaired) electrons. The highest BCUT2D eigenvalue weighted by Crippen LogP contribution is 2.58. The number of hydrogen-bond acceptors (Lipinski definition) is 12. The molecule has 4 unspecified atom stereocenters. The first kappa shape index (κ1) is 21.4. The van der Waals surface area contributed by atoms with Crippen molar-refractivity contribution in [3.05, 3.63) is 12.0 Å². The number of aliphatic hydroxyl groups is 3. The molecule has 0 saturated carbocycles. The lowest BCUT2D eigenvalue weighted by molar-refractivity contribution is -0.0536. The maximum absolute atomic E-state index is 11.6. The first-order valence-corrected chi connectivity index (χ1v) is 10.5. The molecular formula is C10H17N5O11P2. The summed E-state index contributed by atoms with van der Waals surface area (Å²) in [6.07, 6.45) is -4.34. The van der Waals surface area contributed by atoms with E-state index in [1.165, 1.54) is 4.57 Å². The Labute approximate surface area is 156 Å². The summed E-state index contributed by atoms with van der Waals surface area (Å²) in [5.41, 5.74) is 5.83. The number of aliphatic hydroxyl groups excluding tert-OH is 3. The predicted octanol–water partition coefficient (Wildman–Crippen LogP) is -2.43. The van der Waals surface area contributed by atoms with Gasteiger partial charge in [-0.15, -0.1) is 0 Å². The Balaban J connectivity index is 1.81. The van der Waals surface area contributed by atoms with Crippen molar-refractivity contribution < 1.29 is 52.8 Å². The highest BCUT2D eigenvalue weighted by molar-refractivity contribution is 7.60. The van der Waals surface area contributed by atoms with E-state index >= 15 is 0 Å². The largest absolute Gasteiger partial charge is 0.502 e. The lowest BCUT2D eigenvalue weighted by Gasteiger charge is -2.29. The molecule has 1 aromatic rings. The zero-order valence-electron chi connectivity index (χ0n) is 13.7. The lowest BCUT2D eigenvalue weighted by atomic mass is 10.1. The number of ether oxygens (including phenoxy) is 1. The minimum Gasteiger partial charge on any atom is -0.394 e. The molecule has 28 heavy (non-hydrogen) atoms. The van der Waals surface area contributed by atoms with Gasteiger partial charge in [-0.05, 0) is 0 Å². The zero-order chi connectivity index (χ0) is 20.9. The SMILES string of the molecule is NC1c2ncn([C@@H]3O[C@H](CO)C(O)C3O)c2N=CN1OP(=O)(O)OP(=O)(O)O. The first-order chi connectivity index (χ1) is 12.9. The number of rotatable bonds is 6. The minimum absolute atomic E-state index is 0.0172. The summed E-state index contributed by atoms with van der Waals surface area (Å²) in [5.74, 6) is 0.0471. The molecule has 0 bridgehead atoms. The summed E-state index contributed by atoms with van der Waals surface area (Å²) in [6, 6.07) is 0. The first-order valence-electron chi connectivity index (χ1n) is 7.50. The highest BCUT2D eigenvalue weighted by atomic mass is 31.3. The Morgan fingerprint density at radius 3 is 2.50 bits per heavy atom. The third-order valence-corrected chi connectivity index (χ3v) is 5.91. The molecule has 0 amide bonds. The topological polar surface area (TPSA) is 243 Å². The number of imidazole rings is 1. The average Bonchev–Trinajstić information content (AvgIpc) is 3.10. The van der Waals surface area contributed by atoms with Gasteiger partial charge in [-0.25, -0.2) is 24.2 Å². The highest BCUT2D eigenvalue weighted by Gasteiger charge is 2.45. The summed E-state index contributed by atoms with van der Waals surface area (Å²) in [5, 5.41) is 29.6. The van der Waals surface area contributed by atoms with Gasteiger partial charge in [0.2, 0.25) is 0 Å². The summed E-state index contributed by atoms with van der Waals surface area (Å²) in [6.45, 7) is -0.540. The quantitative estimate of drug-likeness (QED) is 0.225. The van der Waals surface area contributed by atoms with Crippen molar-refractivity contribution in [2.75, 3.05) is 6.61 Å². The third-order valence-electron chi connectivity index (χ3n) is 3.84. The van der Waals surface area contributed by atoms with Crippen LogP contribution in [0.3, 0.4) is 0 Å². The minimum atomic E-state index is -5.33. The van der Waals surface area contributed by atoms with Crippen molar-refractivity contribution in [2.45, 2.75) is 30.7 Å². The summed E-state index contributed by atoms with van der Waals surface area (Å²) >= 11 is 0. The van der Waals surface area contributed by atoms with Crippen molar-refractivity contribution in [2.24, 2.45) is 10.7 Å². The third kappa shape index (κ3) is 4.18. The number of aromatic nitrogens is 2. The van der Waals surface area contributed by atoms with Gasteiger partial charge < -0.3 is 40.5 Å². The lowest BCUT2D eigenvalue weighted by Crippen LogP contribution is -2.35. The Bertz CT molecular complexity index is 857. The summed E-state index contributed by atoms with van der Waals surface area (Å²) < 4.78 is 37.1. The second kappa shape index (κ2) is 7.53. The van der Waals surface area contributed by atoms with E-state index in [-0.39, 0.29) is 11.5 Å². The van der Waals surface area contributed by atoms with Crippen molar-refractivity contribution in [1.29, 1.82) is 0 Å². The van der Waals surface area contributed by atoms with Gasteiger partial charge in [-0.1, -0.05) is 0 Å². The fourth-order valence-electron chi connectivity index (χ4n) is 2.65. The molecule has 1 saturated heterocycles. The van der Waals surface area contributed by atoms with Gasteiger partial charge in [0.1, 0.15) is 30.3 Å². The van der Waals surface area contributed by atoms with Gasteiger partial charge in [0.15, 0.2) is 18.2 Å². The van der Waals surface area contributed by atoms with Gasteiger partial charge in [0.05, 0.1) is 12.9 Å². The van der Waals surface area contributed by atoms with Gasteiger partial charge in [0, 0.05) is 0 Å². The van der Waals surface area contributed by atoms with Gasteiger partial charge in [-0.3, -0.25) is 4.57 Å². The van der Waals surface area contributed by atoms with Gasteiger partial charge >= 0.3 is 15.6 Å². The van der Waals surface area contributed by atoms with Crippen LogP contribution in [0.4, 0.5) is 5.82 Å². The molecule has 3 heterocycles. The number of hydroxylamine groups is 2. The van der Waals surface area contributed by atoms with Crippen molar-refractivity contribution in [1.82, 2.24) is 14.6 Å². The van der Waals surface area contributed by atoms with Crippen molar-refractivity contribution in [3.63, 3.8) is 0 Å². The molecule has 2 aliphatic rings. The van der Waals surface area contributed by atoms with Crippen LogP contribution in [0.1, 0.15) is 18.1 Å². The second-order valence-electron chi connectivity index (χ2n) is 5.76. The van der Waals surface area contributed by atoms with E-state index < -0.39 is 53.0 Å². The van der Waals surface area contributed by atoms with Gasteiger partial charge in [-0.2, -0.15) is 8.94 Å². The molecular weight excluding hydrogens is 428 g/mol. The van der Waals surface area contributed by atoms with E-state index in [0.29, 0.717) is 5.06 Å². The molecule has 8 N–H and O–H groups in total. The molecule has 0 aliphatic carbocycles. The van der Waals surface area contributed by atoms with Crippen LogP contribution < -0.4 is 5.73 Å². The standard InChI is InChI=1S/C10H17N5O11P2/c11-8-5-9(13-3-15(8)25-28(22,23)26-27(19,20)21)14(2-12-5)10-7(18)6(17)4(1-16)24-10/h2-4,6-8,10,16-18H,1,11H2,(H,22,23)(H2,19,20,21)/t4-,6?,7?,8?,10-/m1/s1. The molecule has 18 heteroatoms. The van der Waals surface area contributed by atoms with Gasteiger partial charge in [0.25, 0.3) is 0 Å². The number of fused-ring (bicyclic) bond motifs is 1. The normalized spacial score (nSPS) is 32.4. The summed E-state index contributed by atoms with van der Waals surface area (Å²) in [4.78, 5) is 34.5. The predicted molar refractivity (Wildman–Crippen MR) is 86.2 cm³/mol. The summed E-state index contributed by atoms with van der Waals surface area (Å²) in [7, 11) is -10.6. The van der Waals surface area contributed by atoms with Crippen LogP contribution in [0.25, 0.3) is 0 Å². The number of hydrogen-bond donors (Lipinski definition) is 7. The van der Waals surface area contributed by atoms with E-state index in [0.717, 1.165) is 12.7 Å². The number of phosphoric acid groups is 2. The molecule has 6 atom stereocenters. The monoisotopic (exact) mass is 445 g/mol. The molecule has 3 rings (SSSR count). The fourth-order valence-corrected chi connectivity index (χ4v) is 4.23. The van der Waals surface area contributed by atoms with E-state index in [4.69, 9.17) is 25.4 Å². The Kier molecular flexibility index (Phi) is 5.77. The molecule has 0 aromatic carbocycles. The Morgan fingerprint density at radius 1 is 1.25 bits per heavy atom. The van der Waals surface area contributed by atoms with Crippen LogP contribution in [0.15, 0.2) is 11.3 Å². The van der Waals surface area contributed by atoms with Crippen LogP contribution in [0, 0.1) is 0 Å². The van der Waals surface area contributed by atoms with Crippen LogP contribution in [-0.2, 0) is 22.8 Å². The Hall–Kier alpha value is -1.26. The van der Waals surface area contributed by atoms with Crippen LogP contribution in [0.5, 0.6) is 0 Å². The molecule has 0 spiro atoms. The Morgan fingerprint density at radius 2 is 1.93 bits per heavy atom. The number of nitrogens with zero attached hydrogens (tertiary/aromatic N) is 4. The maximum atomic E-state index is 11.6. The molecule has 16 nitrogen and oxygen atoms in total.